The first-order valence-corrected chi connectivity index (χ1v) is 8.32. The topological polar surface area (TPSA) is 75.9 Å². The van der Waals surface area contributed by atoms with E-state index in [1.165, 1.54) is 32.1 Å². The largest absolute Gasteiger partial charge is 0.394 e. The van der Waals surface area contributed by atoms with Gasteiger partial charge >= 0.3 is 0 Å². The van der Waals surface area contributed by atoms with E-state index in [0.29, 0.717) is 12.0 Å². The molecule has 1 saturated carbocycles. The van der Waals surface area contributed by atoms with Crippen molar-refractivity contribution in [3.63, 3.8) is 0 Å². The predicted octanol–water partition coefficient (Wildman–Crippen LogP) is 2.82. The van der Waals surface area contributed by atoms with E-state index in [1.807, 2.05) is 11.5 Å². The Morgan fingerprint density at radius 3 is 2.77 bits per heavy atom. The summed E-state index contributed by atoms with van der Waals surface area (Å²) in [6.07, 6.45) is 8.89. The number of aliphatic hydroxyl groups is 1. The Morgan fingerprint density at radius 2 is 2.09 bits per heavy atom. The van der Waals surface area contributed by atoms with E-state index in [9.17, 15) is 5.11 Å². The summed E-state index contributed by atoms with van der Waals surface area (Å²) in [7, 11) is 0. The van der Waals surface area contributed by atoms with E-state index < -0.39 is 0 Å². The Kier molecular flexibility index (Phi) is 4.57. The third-order valence-corrected chi connectivity index (χ3v) is 4.59. The summed E-state index contributed by atoms with van der Waals surface area (Å²) in [5.74, 6) is 1.55. The van der Waals surface area contributed by atoms with Crippen LogP contribution in [0.5, 0.6) is 0 Å². The molecule has 0 bridgehead atoms. The minimum Gasteiger partial charge on any atom is -0.394 e. The number of nitrogens with zero attached hydrogens (tertiary/aromatic N) is 4. The van der Waals surface area contributed by atoms with Crippen molar-refractivity contribution in [2.75, 3.05) is 11.9 Å². The normalized spacial score (nSPS) is 17.8. The summed E-state index contributed by atoms with van der Waals surface area (Å²) >= 11 is 0. The van der Waals surface area contributed by atoms with Gasteiger partial charge in [0.2, 0.25) is 5.95 Å². The van der Waals surface area contributed by atoms with Crippen LogP contribution in [0.1, 0.15) is 57.3 Å². The van der Waals surface area contributed by atoms with Gasteiger partial charge in [-0.25, -0.2) is 9.97 Å². The first-order valence-electron chi connectivity index (χ1n) is 8.32. The Morgan fingerprint density at radius 1 is 1.32 bits per heavy atom. The fourth-order valence-corrected chi connectivity index (χ4v) is 3.33. The minimum atomic E-state index is 0.0161. The molecule has 1 fully saturated rings. The quantitative estimate of drug-likeness (QED) is 0.888. The number of imidazole rings is 1. The van der Waals surface area contributed by atoms with E-state index in [2.05, 4.69) is 27.2 Å². The summed E-state index contributed by atoms with van der Waals surface area (Å²) in [6, 6.07) is 0.492. The van der Waals surface area contributed by atoms with Crippen molar-refractivity contribution in [1.82, 2.24) is 19.5 Å². The second-order valence-electron chi connectivity index (χ2n) is 6.16. The van der Waals surface area contributed by atoms with Gasteiger partial charge in [0.25, 0.3) is 0 Å². The second-order valence-corrected chi connectivity index (χ2v) is 6.16. The zero-order chi connectivity index (χ0) is 15.5. The Labute approximate surface area is 131 Å². The van der Waals surface area contributed by atoms with E-state index in [-0.39, 0.29) is 12.6 Å². The van der Waals surface area contributed by atoms with Gasteiger partial charge in [0.1, 0.15) is 11.3 Å². The summed E-state index contributed by atoms with van der Waals surface area (Å²) in [5.41, 5.74) is 1.60. The van der Waals surface area contributed by atoms with Gasteiger partial charge < -0.3 is 15.0 Å². The number of aliphatic hydroxyl groups excluding tert-OH is 1. The van der Waals surface area contributed by atoms with Crippen LogP contribution in [0.3, 0.4) is 0 Å². The molecule has 6 heteroatoms. The van der Waals surface area contributed by atoms with E-state index >= 15 is 0 Å². The van der Waals surface area contributed by atoms with Crippen molar-refractivity contribution >= 4 is 17.1 Å². The first-order chi connectivity index (χ1) is 10.7. The van der Waals surface area contributed by atoms with Crippen molar-refractivity contribution in [2.45, 2.75) is 64.5 Å². The van der Waals surface area contributed by atoms with Gasteiger partial charge in [-0.05, 0) is 26.2 Å². The van der Waals surface area contributed by atoms with Crippen LogP contribution >= 0.6 is 0 Å². The fourth-order valence-electron chi connectivity index (χ4n) is 3.33. The highest BCUT2D eigenvalue weighted by Crippen LogP contribution is 2.24. The highest BCUT2D eigenvalue weighted by atomic mass is 16.3. The van der Waals surface area contributed by atoms with E-state index in [4.69, 9.17) is 0 Å². The minimum absolute atomic E-state index is 0.0161. The third kappa shape index (κ3) is 2.92. The predicted molar refractivity (Wildman–Crippen MR) is 87.0 cm³/mol. The Hall–Kier alpha value is -1.69. The molecule has 0 saturated heterocycles. The van der Waals surface area contributed by atoms with Crippen LogP contribution in [0, 0.1) is 6.92 Å². The Balaban J connectivity index is 1.91. The smallest absolute Gasteiger partial charge is 0.224 e. The summed E-state index contributed by atoms with van der Waals surface area (Å²) in [4.78, 5) is 13.6. The molecule has 0 spiro atoms. The molecule has 0 aromatic carbocycles. The van der Waals surface area contributed by atoms with Gasteiger partial charge in [0, 0.05) is 6.04 Å². The average Bonchev–Trinajstić information content (AvgIpc) is 2.86. The summed E-state index contributed by atoms with van der Waals surface area (Å²) in [6.45, 7) is 4.11. The van der Waals surface area contributed by atoms with Gasteiger partial charge in [-0.3, -0.25) is 0 Å². The molecule has 2 aromatic rings. The van der Waals surface area contributed by atoms with Gasteiger partial charge in [-0.15, -0.1) is 0 Å². The number of rotatable bonds is 5. The van der Waals surface area contributed by atoms with Crippen molar-refractivity contribution in [2.24, 2.45) is 0 Å². The van der Waals surface area contributed by atoms with Crippen LogP contribution in [-0.4, -0.2) is 37.3 Å². The maximum atomic E-state index is 9.60. The van der Waals surface area contributed by atoms with Crippen LogP contribution in [0.4, 0.5) is 5.95 Å². The monoisotopic (exact) mass is 303 g/mol. The van der Waals surface area contributed by atoms with E-state index in [1.54, 1.807) is 6.20 Å². The van der Waals surface area contributed by atoms with Crippen LogP contribution in [0.25, 0.3) is 11.2 Å². The fraction of sp³-hybridized carbons (Fsp3) is 0.688. The van der Waals surface area contributed by atoms with Gasteiger partial charge in [0.15, 0.2) is 5.65 Å². The molecule has 1 aliphatic rings. The number of fused-ring (bicyclic) bond motifs is 1. The number of nitrogens with one attached hydrogen (secondary N) is 1. The number of aryl methyl sites for hydroxylation is 1. The zero-order valence-electron chi connectivity index (χ0n) is 13.4. The number of anilines is 1. The molecule has 0 unspecified atom stereocenters. The molecule has 0 amide bonds. The van der Waals surface area contributed by atoms with Gasteiger partial charge in [-0.1, -0.05) is 26.2 Å². The molecule has 2 heterocycles. The van der Waals surface area contributed by atoms with Crippen molar-refractivity contribution < 1.29 is 5.11 Å². The van der Waals surface area contributed by atoms with Gasteiger partial charge in [0.05, 0.1) is 18.8 Å². The SMILES string of the molecule is CC[C@H](CO)n1c(C)nc2cnc(NC3CCCCC3)nc21. The molecule has 0 aliphatic heterocycles. The Bertz CT molecular complexity index is 629. The molecular weight excluding hydrogens is 278 g/mol. The second kappa shape index (κ2) is 6.60. The molecule has 1 aliphatic carbocycles. The maximum Gasteiger partial charge on any atom is 0.224 e. The van der Waals surface area contributed by atoms with Crippen molar-refractivity contribution in [3.8, 4) is 0 Å². The molecular formula is C16H25N5O. The molecule has 2 aromatic heterocycles. The molecule has 120 valence electrons. The van der Waals surface area contributed by atoms with Crippen LogP contribution < -0.4 is 5.32 Å². The van der Waals surface area contributed by atoms with E-state index in [0.717, 1.165) is 23.4 Å². The van der Waals surface area contributed by atoms with Crippen molar-refractivity contribution in [3.05, 3.63) is 12.0 Å². The van der Waals surface area contributed by atoms with Crippen LogP contribution in [-0.2, 0) is 0 Å². The van der Waals surface area contributed by atoms with Crippen LogP contribution in [0.2, 0.25) is 0 Å². The summed E-state index contributed by atoms with van der Waals surface area (Å²) < 4.78 is 2.03. The highest BCUT2D eigenvalue weighted by Gasteiger charge is 2.18. The number of aromatic nitrogens is 4. The maximum absolute atomic E-state index is 9.60. The molecule has 1 atom stereocenters. The third-order valence-electron chi connectivity index (χ3n) is 4.59. The molecule has 3 rings (SSSR count). The lowest BCUT2D eigenvalue weighted by Gasteiger charge is -2.22. The van der Waals surface area contributed by atoms with Crippen LogP contribution in [0.15, 0.2) is 6.20 Å². The lowest BCUT2D eigenvalue weighted by molar-refractivity contribution is 0.225. The number of hydrogen-bond donors (Lipinski definition) is 2. The summed E-state index contributed by atoms with van der Waals surface area (Å²) in [5, 5.41) is 13.1. The molecule has 22 heavy (non-hydrogen) atoms. The highest BCUT2D eigenvalue weighted by molar-refractivity contribution is 5.72. The molecule has 0 radical (unpaired) electrons. The zero-order valence-corrected chi connectivity index (χ0v) is 13.4. The standard InChI is InChI=1S/C16H25N5O/c1-3-13(10-22)21-11(2)18-14-9-17-16(20-15(14)21)19-12-7-5-4-6-8-12/h9,12-13,22H,3-8,10H2,1-2H3,(H,17,19,20)/t13-/m1/s1. The van der Waals surface area contributed by atoms with Crippen molar-refractivity contribution in [1.29, 1.82) is 0 Å². The molecule has 2 N–H and O–H groups in total. The van der Waals surface area contributed by atoms with Gasteiger partial charge in [-0.2, -0.15) is 4.98 Å². The lowest BCUT2D eigenvalue weighted by Crippen LogP contribution is -2.23. The molecule has 6 nitrogen and oxygen atoms in total. The average molecular weight is 303 g/mol. The first kappa shape index (κ1) is 15.2. The lowest BCUT2D eigenvalue weighted by atomic mass is 9.96. The number of hydrogen-bond acceptors (Lipinski definition) is 5.